The van der Waals surface area contributed by atoms with E-state index in [1.54, 1.807) is 31.6 Å². The molecule has 1 unspecified atom stereocenters. The third kappa shape index (κ3) is 4.32. The number of anilines is 2. The van der Waals surface area contributed by atoms with Gasteiger partial charge in [-0.2, -0.15) is 0 Å². The predicted octanol–water partition coefficient (Wildman–Crippen LogP) is 2.73. The Kier molecular flexibility index (Phi) is 4.92. The van der Waals surface area contributed by atoms with Crippen molar-refractivity contribution in [1.82, 2.24) is 15.3 Å². The number of rotatable bonds is 5. The summed E-state index contributed by atoms with van der Waals surface area (Å²) in [4.78, 5) is 33.3. The molecule has 25 heavy (non-hydrogen) atoms. The molecule has 2 aromatic rings. The van der Waals surface area contributed by atoms with Gasteiger partial charge in [0.25, 0.3) is 0 Å². The molecule has 7 heteroatoms. The van der Waals surface area contributed by atoms with Gasteiger partial charge in [-0.05, 0) is 48.6 Å². The van der Waals surface area contributed by atoms with Gasteiger partial charge in [0, 0.05) is 26.4 Å². The van der Waals surface area contributed by atoms with E-state index in [9.17, 15) is 9.59 Å². The number of hydrogen-bond donors (Lipinski definition) is 2. The fourth-order valence-electron chi connectivity index (χ4n) is 2.60. The molecule has 1 aliphatic carbocycles. The Hall–Kier alpha value is -2.96. The number of pyridine rings is 2. The summed E-state index contributed by atoms with van der Waals surface area (Å²) >= 11 is 0. The fourth-order valence-corrected chi connectivity index (χ4v) is 2.60. The van der Waals surface area contributed by atoms with Crippen LogP contribution >= 0.6 is 0 Å². The molecule has 1 aliphatic rings. The van der Waals surface area contributed by atoms with Crippen molar-refractivity contribution in [2.45, 2.75) is 25.8 Å². The minimum absolute atomic E-state index is 0.0147. The third-order valence-electron chi connectivity index (χ3n) is 4.27. The number of amides is 3. The molecule has 0 aliphatic heterocycles. The van der Waals surface area contributed by atoms with Gasteiger partial charge in [-0.1, -0.05) is 0 Å². The van der Waals surface area contributed by atoms with E-state index in [4.69, 9.17) is 0 Å². The average Bonchev–Trinajstić information content (AvgIpc) is 3.45. The first-order valence-electron chi connectivity index (χ1n) is 8.22. The molecule has 2 N–H and O–H groups in total. The third-order valence-corrected chi connectivity index (χ3v) is 4.27. The first kappa shape index (κ1) is 16.9. The Bertz CT molecular complexity index is 744. The van der Waals surface area contributed by atoms with Crippen molar-refractivity contribution < 1.29 is 9.59 Å². The molecule has 2 heterocycles. The zero-order valence-electron chi connectivity index (χ0n) is 14.3. The summed E-state index contributed by atoms with van der Waals surface area (Å²) in [5.74, 6) is 0.902. The Morgan fingerprint density at radius 1 is 1.20 bits per heavy atom. The van der Waals surface area contributed by atoms with E-state index in [2.05, 4.69) is 20.6 Å². The molecule has 0 saturated heterocycles. The lowest BCUT2D eigenvalue weighted by atomic mass is 10.0. The molecule has 1 fully saturated rings. The summed E-state index contributed by atoms with van der Waals surface area (Å²) in [5.41, 5.74) is 1.63. The van der Waals surface area contributed by atoms with Crippen molar-refractivity contribution in [2.24, 2.45) is 5.92 Å². The number of nitrogens with one attached hydrogen (secondary N) is 2. The van der Waals surface area contributed by atoms with Crippen LogP contribution in [0.4, 0.5) is 16.3 Å². The van der Waals surface area contributed by atoms with Crippen LogP contribution in [0, 0.1) is 5.92 Å². The highest BCUT2D eigenvalue weighted by molar-refractivity contribution is 5.91. The van der Waals surface area contributed by atoms with E-state index in [0.29, 0.717) is 17.4 Å². The summed E-state index contributed by atoms with van der Waals surface area (Å²) in [6.07, 6.45) is 7.23. The number of hydrogen-bond acceptors (Lipinski definition) is 4. The van der Waals surface area contributed by atoms with Crippen molar-refractivity contribution in [3.63, 3.8) is 0 Å². The maximum Gasteiger partial charge on any atom is 0.319 e. The molecule has 7 nitrogen and oxygen atoms in total. The zero-order chi connectivity index (χ0) is 17.8. The van der Waals surface area contributed by atoms with Gasteiger partial charge in [-0.25, -0.2) is 9.78 Å². The SMILES string of the molecule is CC(=O)N(C)c1ccc(NC(=O)NC(c2ccncc2)C2CC2)cn1. The zero-order valence-corrected chi connectivity index (χ0v) is 14.3. The van der Waals surface area contributed by atoms with Crippen LogP contribution in [0.5, 0.6) is 0 Å². The molecule has 1 atom stereocenters. The van der Waals surface area contributed by atoms with Gasteiger partial charge in [0.1, 0.15) is 5.82 Å². The van der Waals surface area contributed by atoms with Gasteiger partial charge in [-0.15, -0.1) is 0 Å². The summed E-state index contributed by atoms with van der Waals surface area (Å²) < 4.78 is 0. The maximum absolute atomic E-state index is 12.3. The van der Waals surface area contributed by atoms with E-state index in [1.165, 1.54) is 18.0 Å². The smallest absolute Gasteiger partial charge is 0.319 e. The van der Waals surface area contributed by atoms with Crippen LogP contribution in [0.25, 0.3) is 0 Å². The van der Waals surface area contributed by atoms with Crippen molar-refractivity contribution in [2.75, 3.05) is 17.3 Å². The minimum Gasteiger partial charge on any atom is -0.331 e. The van der Waals surface area contributed by atoms with E-state index >= 15 is 0 Å². The van der Waals surface area contributed by atoms with Gasteiger partial charge in [-0.3, -0.25) is 9.78 Å². The fraction of sp³-hybridized carbons (Fsp3) is 0.333. The average molecular weight is 339 g/mol. The van der Waals surface area contributed by atoms with Gasteiger partial charge in [0.2, 0.25) is 5.91 Å². The monoisotopic (exact) mass is 339 g/mol. The maximum atomic E-state index is 12.3. The number of urea groups is 1. The molecular formula is C18H21N5O2. The molecule has 0 spiro atoms. The second kappa shape index (κ2) is 7.29. The minimum atomic E-state index is -0.275. The molecule has 3 rings (SSSR count). The molecule has 0 radical (unpaired) electrons. The van der Waals surface area contributed by atoms with Crippen molar-refractivity contribution in [3.8, 4) is 0 Å². The first-order chi connectivity index (χ1) is 12.0. The van der Waals surface area contributed by atoms with Gasteiger partial charge in [0.15, 0.2) is 0 Å². The Balaban J connectivity index is 1.62. The van der Waals surface area contributed by atoms with Crippen LogP contribution < -0.4 is 15.5 Å². The summed E-state index contributed by atoms with van der Waals surface area (Å²) in [6.45, 7) is 1.47. The quantitative estimate of drug-likeness (QED) is 0.877. The van der Waals surface area contributed by atoms with Gasteiger partial charge < -0.3 is 15.5 Å². The summed E-state index contributed by atoms with van der Waals surface area (Å²) in [6, 6.07) is 6.98. The summed E-state index contributed by atoms with van der Waals surface area (Å²) in [5, 5.41) is 5.82. The number of aromatic nitrogens is 2. The van der Waals surface area contributed by atoms with E-state index in [0.717, 1.165) is 18.4 Å². The lowest BCUT2D eigenvalue weighted by molar-refractivity contribution is -0.116. The molecule has 130 valence electrons. The van der Waals surface area contributed by atoms with Crippen LogP contribution in [0.3, 0.4) is 0 Å². The normalized spacial score (nSPS) is 14.5. The number of carbonyl (C=O) groups is 2. The first-order valence-corrected chi connectivity index (χ1v) is 8.22. The van der Waals surface area contributed by atoms with Crippen LogP contribution in [-0.4, -0.2) is 29.0 Å². The number of carbonyl (C=O) groups excluding carboxylic acids is 2. The van der Waals surface area contributed by atoms with Crippen molar-refractivity contribution in [1.29, 1.82) is 0 Å². The van der Waals surface area contributed by atoms with Crippen LogP contribution in [0.15, 0.2) is 42.9 Å². The Morgan fingerprint density at radius 3 is 2.48 bits per heavy atom. The highest BCUT2D eigenvalue weighted by atomic mass is 16.2. The van der Waals surface area contributed by atoms with Gasteiger partial charge >= 0.3 is 6.03 Å². The molecule has 0 bridgehead atoms. The lowest BCUT2D eigenvalue weighted by Crippen LogP contribution is -2.33. The van der Waals surface area contributed by atoms with E-state index in [-0.39, 0.29) is 18.0 Å². The standard InChI is InChI=1S/C18H21N5O2/c1-12(24)23(2)16-6-5-15(11-20-16)21-18(25)22-17(13-3-4-13)14-7-9-19-10-8-14/h5-11,13,17H,3-4H2,1-2H3,(H2,21,22,25). The predicted molar refractivity (Wildman–Crippen MR) is 95.2 cm³/mol. The van der Waals surface area contributed by atoms with Crippen LogP contribution in [-0.2, 0) is 4.79 Å². The molecular weight excluding hydrogens is 318 g/mol. The highest BCUT2D eigenvalue weighted by Gasteiger charge is 2.33. The highest BCUT2D eigenvalue weighted by Crippen LogP contribution is 2.40. The van der Waals surface area contributed by atoms with E-state index < -0.39 is 0 Å². The van der Waals surface area contributed by atoms with Crippen LogP contribution in [0.2, 0.25) is 0 Å². The summed E-state index contributed by atoms with van der Waals surface area (Å²) in [7, 11) is 1.65. The molecule has 0 aromatic carbocycles. The van der Waals surface area contributed by atoms with Crippen molar-refractivity contribution >= 4 is 23.4 Å². The largest absolute Gasteiger partial charge is 0.331 e. The molecule has 2 aromatic heterocycles. The Morgan fingerprint density at radius 2 is 1.92 bits per heavy atom. The molecule has 1 saturated carbocycles. The van der Waals surface area contributed by atoms with Crippen molar-refractivity contribution in [3.05, 3.63) is 48.4 Å². The van der Waals surface area contributed by atoms with E-state index in [1.807, 2.05) is 12.1 Å². The van der Waals surface area contributed by atoms with Crippen LogP contribution in [0.1, 0.15) is 31.4 Å². The van der Waals surface area contributed by atoms with Gasteiger partial charge in [0.05, 0.1) is 17.9 Å². The topological polar surface area (TPSA) is 87.2 Å². The molecule has 3 amide bonds. The number of nitrogens with zero attached hydrogens (tertiary/aromatic N) is 3. The lowest BCUT2D eigenvalue weighted by Gasteiger charge is -2.19. The Labute approximate surface area is 146 Å². The second-order valence-corrected chi connectivity index (χ2v) is 6.18. The second-order valence-electron chi connectivity index (χ2n) is 6.18.